The predicted octanol–water partition coefficient (Wildman–Crippen LogP) is 4.54. The lowest BCUT2D eigenvalue weighted by Crippen LogP contribution is -2.01. The molecule has 0 spiro atoms. The summed E-state index contributed by atoms with van der Waals surface area (Å²) in [5.74, 6) is 0.954. The molecule has 0 aliphatic rings. The van der Waals surface area contributed by atoms with Crippen LogP contribution in [-0.2, 0) is 6.42 Å². The van der Waals surface area contributed by atoms with Gasteiger partial charge in [0.05, 0.1) is 0 Å². The summed E-state index contributed by atoms with van der Waals surface area (Å²) in [5.41, 5.74) is 2.61. The molecule has 17 heavy (non-hydrogen) atoms. The van der Waals surface area contributed by atoms with E-state index in [0.29, 0.717) is 6.61 Å². The molecule has 0 unspecified atom stereocenters. The van der Waals surface area contributed by atoms with E-state index in [2.05, 4.69) is 32.6 Å². The van der Waals surface area contributed by atoms with Gasteiger partial charge >= 0.3 is 0 Å². The molecule has 0 aliphatic carbocycles. The van der Waals surface area contributed by atoms with E-state index >= 15 is 0 Å². The van der Waals surface area contributed by atoms with Crippen LogP contribution in [0.3, 0.4) is 0 Å². The van der Waals surface area contributed by atoms with Crippen LogP contribution in [0.2, 0.25) is 0 Å². The second-order valence-electron chi connectivity index (χ2n) is 4.10. The monoisotopic (exact) mass is 230 g/mol. The summed E-state index contributed by atoms with van der Waals surface area (Å²) in [6, 6.07) is 8.29. The lowest BCUT2D eigenvalue weighted by atomic mass is 10.1. The van der Waals surface area contributed by atoms with Crippen molar-refractivity contribution in [2.45, 2.75) is 33.1 Å². The Balaban J connectivity index is 2.58. The number of hydrogen-bond donors (Lipinski definition) is 0. The van der Waals surface area contributed by atoms with Gasteiger partial charge in [0.2, 0.25) is 0 Å². The Morgan fingerprint density at radius 2 is 2.18 bits per heavy atom. The number of benzene rings is 1. The van der Waals surface area contributed by atoms with Crippen molar-refractivity contribution in [1.29, 1.82) is 0 Å². The van der Waals surface area contributed by atoms with Crippen LogP contribution >= 0.6 is 0 Å². The van der Waals surface area contributed by atoms with Gasteiger partial charge in [0.15, 0.2) is 0 Å². The molecular weight excluding hydrogens is 208 g/mol. The molecule has 1 aromatic rings. The van der Waals surface area contributed by atoms with Crippen molar-refractivity contribution in [3.63, 3.8) is 0 Å². The maximum Gasteiger partial charge on any atom is 0.120 e. The van der Waals surface area contributed by atoms with Crippen LogP contribution < -0.4 is 4.74 Å². The third-order valence-corrected chi connectivity index (χ3v) is 2.66. The van der Waals surface area contributed by atoms with Gasteiger partial charge in [0, 0.05) is 0 Å². The molecule has 0 saturated carbocycles. The molecule has 0 amide bonds. The van der Waals surface area contributed by atoms with Gasteiger partial charge in [-0.25, -0.2) is 0 Å². The first-order valence-corrected chi connectivity index (χ1v) is 6.32. The van der Waals surface area contributed by atoms with Crippen LogP contribution in [0.5, 0.6) is 5.75 Å². The zero-order valence-electron chi connectivity index (χ0n) is 10.9. The number of ether oxygens (including phenoxy) is 1. The Morgan fingerprint density at radius 1 is 1.35 bits per heavy atom. The molecule has 0 heterocycles. The molecule has 0 fully saturated rings. The van der Waals surface area contributed by atoms with Crippen LogP contribution in [0.1, 0.15) is 32.3 Å². The molecule has 92 valence electrons. The highest BCUT2D eigenvalue weighted by Gasteiger charge is 1.99. The van der Waals surface area contributed by atoms with Gasteiger partial charge < -0.3 is 4.74 Å². The first-order chi connectivity index (χ1) is 8.30. The fourth-order valence-corrected chi connectivity index (χ4v) is 1.72. The van der Waals surface area contributed by atoms with E-state index in [1.807, 2.05) is 24.3 Å². The first kappa shape index (κ1) is 13.6. The fourth-order valence-electron chi connectivity index (χ4n) is 1.72. The van der Waals surface area contributed by atoms with Gasteiger partial charge in [0.25, 0.3) is 0 Å². The Morgan fingerprint density at radius 3 is 2.82 bits per heavy atom. The molecule has 1 nitrogen and oxygen atoms in total. The third kappa shape index (κ3) is 4.90. The highest BCUT2D eigenvalue weighted by molar-refractivity contribution is 5.29. The number of hydrogen-bond acceptors (Lipinski definition) is 1. The van der Waals surface area contributed by atoms with Crippen LogP contribution in [0.25, 0.3) is 0 Å². The summed E-state index contributed by atoms with van der Waals surface area (Å²) in [6.07, 6.45) is 7.13. The lowest BCUT2D eigenvalue weighted by molar-refractivity contribution is 0.347. The van der Waals surface area contributed by atoms with E-state index in [1.54, 1.807) is 0 Å². The average molecular weight is 230 g/mol. The van der Waals surface area contributed by atoms with Gasteiger partial charge in [-0.1, -0.05) is 51.1 Å². The molecule has 0 saturated heterocycles. The normalized spacial score (nSPS) is 11.3. The molecule has 0 aliphatic heterocycles. The van der Waals surface area contributed by atoms with Gasteiger partial charge in [-0.2, -0.15) is 0 Å². The SMILES string of the molecule is C=C/C=C(\CCC)COc1cccc(CC)c1. The van der Waals surface area contributed by atoms with E-state index in [4.69, 9.17) is 4.74 Å². The Hall–Kier alpha value is -1.50. The standard InChI is InChI=1S/C16H22O/c1-4-8-15(9-5-2)13-17-16-11-7-10-14(6-3)12-16/h4,7-8,10-12H,1,5-6,9,13H2,2-3H3/b15-8+. The van der Waals surface area contributed by atoms with Crippen LogP contribution in [0.4, 0.5) is 0 Å². The summed E-state index contributed by atoms with van der Waals surface area (Å²) in [6.45, 7) is 8.72. The number of aryl methyl sites for hydroxylation is 1. The van der Waals surface area contributed by atoms with Crippen molar-refractivity contribution in [1.82, 2.24) is 0 Å². The quantitative estimate of drug-likeness (QED) is 0.625. The van der Waals surface area contributed by atoms with Crippen molar-refractivity contribution in [2.24, 2.45) is 0 Å². The molecular formula is C16H22O. The molecule has 1 aromatic carbocycles. The van der Waals surface area contributed by atoms with Crippen molar-refractivity contribution >= 4 is 0 Å². The van der Waals surface area contributed by atoms with E-state index in [9.17, 15) is 0 Å². The lowest BCUT2D eigenvalue weighted by Gasteiger charge is -2.09. The molecule has 1 rings (SSSR count). The van der Waals surface area contributed by atoms with Crippen LogP contribution in [0, 0.1) is 0 Å². The summed E-state index contributed by atoms with van der Waals surface area (Å²) in [4.78, 5) is 0. The van der Waals surface area contributed by atoms with Crippen LogP contribution in [0.15, 0.2) is 48.6 Å². The molecule has 0 N–H and O–H groups in total. The summed E-state index contributed by atoms with van der Waals surface area (Å²) in [7, 11) is 0. The van der Waals surface area contributed by atoms with Crippen molar-refractivity contribution in [3.05, 3.63) is 54.1 Å². The van der Waals surface area contributed by atoms with Gasteiger partial charge in [-0.3, -0.25) is 0 Å². The van der Waals surface area contributed by atoms with Crippen molar-refractivity contribution in [2.75, 3.05) is 6.61 Å². The summed E-state index contributed by atoms with van der Waals surface area (Å²) >= 11 is 0. The minimum absolute atomic E-state index is 0.660. The summed E-state index contributed by atoms with van der Waals surface area (Å²) < 4.78 is 5.80. The highest BCUT2D eigenvalue weighted by atomic mass is 16.5. The highest BCUT2D eigenvalue weighted by Crippen LogP contribution is 2.15. The minimum atomic E-state index is 0.660. The minimum Gasteiger partial charge on any atom is -0.489 e. The van der Waals surface area contributed by atoms with Gasteiger partial charge in [0.1, 0.15) is 12.4 Å². The van der Waals surface area contributed by atoms with Crippen molar-refractivity contribution in [3.8, 4) is 5.75 Å². The topological polar surface area (TPSA) is 9.23 Å². The Kier molecular flexibility index (Phi) is 6.16. The number of rotatable bonds is 7. The van der Waals surface area contributed by atoms with E-state index in [0.717, 1.165) is 25.0 Å². The Labute approximate surface area is 105 Å². The molecule has 0 radical (unpaired) electrons. The third-order valence-electron chi connectivity index (χ3n) is 2.66. The number of allylic oxidation sites excluding steroid dienone is 2. The Bertz CT molecular complexity index is 377. The first-order valence-electron chi connectivity index (χ1n) is 6.32. The maximum atomic E-state index is 5.80. The zero-order valence-corrected chi connectivity index (χ0v) is 10.9. The van der Waals surface area contributed by atoms with Gasteiger partial charge in [-0.15, -0.1) is 0 Å². The smallest absolute Gasteiger partial charge is 0.120 e. The fraction of sp³-hybridized carbons (Fsp3) is 0.375. The molecule has 0 aromatic heterocycles. The van der Waals surface area contributed by atoms with E-state index < -0.39 is 0 Å². The largest absolute Gasteiger partial charge is 0.489 e. The second kappa shape index (κ2) is 7.72. The summed E-state index contributed by atoms with van der Waals surface area (Å²) in [5, 5.41) is 0. The zero-order chi connectivity index (χ0) is 12.5. The van der Waals surface area contributed by atoms with Crippen molar-refractivity contribution < 1.29 is 4.74 Å². The second-order valence-corrected chi connectivity index (χ2v) is 4.10. The van der Waals surface area contributed by atoms with E-state index in [1.165, 1.54) is 11.1 Å². The van der Waals surface area contributed by atoms with Crippen LogP contribution in [-0.4, -0.2) is 6.61 Å². The molecule has 1 heteroatoms. The van der Waals surface area contributed by atoms with E-state index in [-0.39, 0.29) is 0 Å². The molecule has 0 atom stereocenters. The van der Waals surface area contributed by atoms with Gasteiger partial charge in [-0.05, 0) is 36.1 Å². The predicted molar refractivity (Wildman–Crippen MR) is 74.5 cm³/mol. The maximum absolute atomic E-state index is 5.80. The molecule has 0 bridgehead atoms. The average Bonchev–Trinajstić information content (AvgIpc) is 2.37.